The van der Waals surface area contributed by atoms with E-state index in [-0.39, 0.29) is 5.91 Å². The van der Waals surface area contributed by atoms with Crippen molar-refractivity contribution >= 4 is 44.9 Å². The summed E-state index contributed by atoms with van der Waals surface area (Å²) in [6.07, 6.45) is 1.75. The average molecular weight is 362 g/mol. The minimum absolute atomic E-state index is 0.340. The van der Waals surface area contributed by atoms with Crippen molar-refractivity contribution in [3.05, 3.63) is 16.5 Å². The van der Waals surface area contributed by atoms with Crippen LogP contribution in [0.4, 0.5) is 11.5 Å². The third kappa shape index (κ3) is 3.24. The minimum atomic E-state index is -0.541. The Hall–Kier alpha value is -2.39. The second-order valence-electron chi connectivity index (χ2n) is 6.13. The number of anilines is 2. The van der Waals surface area contributed by atoms with Crippen LogP contribution in [0, 0.1) is 0 Å². The third-order valence-electron chi connectivity index (χ3n) is 4.35. The number of nitrogens with two attached hydrogens (primary N) is 3. The average Bonchev–Trinajstić information content (AvgIpc) is 2.92. The number of thiophene rings is 1. The second kappa shape index (κ2) is 6.85. The molecule has 9 heteroatoms. The van der Waals surface area contributed by atoms with Crippen molar-refractivity contribution < 1.29 is 9.59 Å². The highest BCUT2D eigenvalue weighted by Gasteiger charge is 2.26. The number of aryl methyl sites for hydroxylation is 1. The molecule has 134 valence electrons. The van der Waals surface area contributed by atoms with E-state index in [0.29, 0.717) is 28.5 Å². The number of piperazine rings is 1. The van der Waals surface area contributed by atoms with Gasteiger partial charge in [0.1, 0.15) is 21.6 Å². The van der Waals surface area contributed by atoms with E-state index in [1.807, 2.05) is 11.0 Å². The Kier molecular flexibility index (Phi) is 4.78. The molecule has 1 atom stereocenters. The summed E-state index contributed by atoms with van der Waals surface area (Å²) in [6, 6.07) is 1.58. The number of nitrogens with one attached hydrogen (secondary N) is 1. The number of hydrogen-bond donors (Lipinski definition) is 4. The SMILES string of the molecule is CCCc1cc(N2CCNC(C(N)=O)C2)nc2sc(C(N)=O)c(N)c12. The Balaban J connectivity index is 2.07. The van der Waals surface area contributed by atoms with E-state index in [2.05, 4.69) is 17.2 Å². The number of amides is 2. The zero-order valence-corrected chi connectivity index (χ0v) is 14.9. The molecule has 8 nitrogen and oxygen atoms in total. The third-order valence-corrected chi connectivity index (χ3v) is 5.47. The van der Waals surface area contributed by atoms with Crippen molar-refractivity contribution in [1.82, 2.24) is 10.3 Å². The summed E-state index contributed by atoms with van der Waals surface area (Å²) >= 11 is 1.21. The predicted octanol–water partition coefficient (Wildman–Crippen LogP) is 0.193. The van der Waals surface area contributed by atoms with Gasteiger partial charge in [0.15, 0.2) is 0 Å². The van der Waals surface area contributed by atoms with Gasteiger partial charge in [-0.15, -0.1) is 11.3 Å². The molecular weight excluding hydrogens is 340 g/mol. The van der Waals surface area contributed by atoms with Gasteiger partial charge in [-0.3, -0.25) is 9.59 Å². The first kappa shape index (κ1) is 17.4. The van der Waals surface area contributed by atoms with Crippen LogP contribution in [0.3, 0.4) is 0 Å². The molecule has 1 unspecified atom stereocenters. The van der Waals surface area contributed by atoms with Crippen molar-refractivity contribution in [3.63, 3.8) is 0 Å². The summed E-state index contributed by atoms with van der Waals surface area (Å²) in [6.45, 7) is 3.91. The summed E-state index contributed by atoms with van der Waals surface area (Å²) in [5.74, 6) is -0.155. The monoisotopic (exact) mass is 362 g/mol. The summed E-state index contributed by atoms with van der Waals surface area (Å²) in [5.41, 5.74) is 18.4. The molecule has 0 saturated carbocycles. The lowest BCUT2D eigenvalue weighted by atomic mass is 10.1. The molecule has 7 N–H and O–H groups in total. The van der Waals surface area contributed by atoms with E-state index >= 15 is 0 Å². The summed E-state index contributed by atoms with van der Waals surface area (Å²) in [7, 11) is 0. The van der Waals surface area contributed by atoms with Crippen LogP contribution >= 0.6 is 11.3 Å². The van der Waals surface area contributed by atoms with Crippen LogP contribution in [-0.2, 0) is 11.2 Å². The summed E-state index contributed by atoms with van der Waals surface area (Å²) < 4.78 is 0. The molecule has 1 saturated heterocycles. The van der Waals surface area contributed by atoms with Gasteiger partial charge in [0, 0.05) is 25.0 Å². The lowest BCUT2D eigenvalue weighted by Crippen LogP contribution is -2.56. The number of fused-ring (bicyclic) bond motifs is 1. The van der Waals surface area contributed by atoms with E-state index in [4.69, 9.17) is 17.2 Å². The molecule has 2 aromatic rings. The number of pyridine rings is 1. The zero-order chi connectivity index (χ0) is 18.1. The minimum Gasteiger partial charge on any atom is -0.397 e. The van der Waals surface area contributed by atoms with Gasteiger partial charge in [-0.25, -0.2) is 4.98 Å². The lowest BCUT2D eigenvalue weighted by Gasteiger charge is -2.33. The molecule has 0 spiro atoms. The highest BCUT2D eigenvalue weighted by molar-refractivity contribution is 7.21. The molecular formula is C16H22N6O2S. The highest BCUT2D eigenvalue weighted by atomic mass is 32.1. The molecule has 1 aliphatic heterocycles. The van der Waals surface area contributed by atoms with Gasteiger partial charge < -0.3 is 27.4 Å². The molecule has 1 aliphatic rings. The molecule has 2 aromatic heterocycles. The number of aromatic nitrogens is 1. The maximum atomic E-state index is 11.6. The first-order chi connectivity index (χ1) is 11.9. The van der Waals surface area contributed by atoms with E-state index in [0.717, 1.165) is 36.2 Å². The Morgan fingerprint density at radius 1 is 1.44 bits per heavy atom. The fraction of sp³-hybridized carbons (Fsp3) is 0.438. The predicted molar refractivity (Wildman–Crippen MR) is 99.7 cm³/mol. The van der Waals surface area contributed by atoms with Crippen molar-refractivity contribution in [2.75, 3.05) is 30.3 Å². The maximum absolute atomic E-state index is 11.6. The Morgan fingerprint density at radius 2 is 2.20 bits per heavy atom. The zero-order valence-electron chi connectivity index (χ0n) is 14.0. The molecule has 2 amide bonds. The molecule has 0 aliphatic carbocycles. The molecule has 0 bridgehead atoms. The number of nitrogen functional groups attached to an aromatic ring is 1. The van der Waals surface area contributed by atoms with Crippen molar-refractivity contribution in [2.24, 2.45) is 11.5 Å². The summed E-state index contributed by atoms with van der Waals surface area (Å²) in [5, 5.41) is 3.91. The van der Waals surface area contributed by atoms with E-state index in [1.54, 1.807) is 0 Å². The molecule has 1 fully saturated rings. The first-order valence-electron chi connectivity index (χ1n) is 8.21. The summed E-state index contributed by atoms with van der Waals surface area (Å²) in [4.78, 5) is 30.8. The van der Waals surface area contributed by atoms with Gasteiger partial charge in [0.25, 0.3) is 5.91 Å². The molecule has 0 aromatic carbocycles. The smallest absolute Gasteiger partial charge is 0.260 e. The first-order valence-corrected chi connectivity index (χ1v) is 9.03. The van der Waals surface area contributed by atoms with Crippen molar-refractivity contribution in [3.8, 4) is 0 Å². The van der Waals surface area contributed by atoms with Gasteiger partial charge in [0.2, 0.25) is 5.91 Å². The highest BCUT2D eigenvalue weighted by Crippen LogP contribution is 2.37. The van der Waals surface area contributed by atoms with E-state index in [9.17, 15) is 9.59 Å². The van der Waals surface area contributed by atoms with Crippen LogP contribution in [0.1, 0.15) is 28.6 Å². The topological polar surface area (TPSA) is 140 Å². The Labute approximate surface area is 149 Å². The second-order valence-corrected chi connectivity index (χ2v) is 7.13. The van der Waals surface area contributed by atoms with Crippen LogP contribution in [0.15, 0.2) is 6.07 Å². The molecule has 3 heterocycles. The quantitative estimate of drug-likeness (QED) is 0.598. The number of nitrogens with zero attached hydrogens (tertiary/aromatic N) is 2. The van der Waals surface area contributed by atoms with E-state index < -0.39 is 11.9 Å². The van der Waals surface area contributed by atoms with Crippen LogP contribution in [0.25, 0.3) is 10.2 Å². The Bertz CT molecular complexity index is 834. The van der Waals surface area contributed by atoms with Crippen molar-refractivity contribution in [1.29, 1.82) is 0 Å². The van der Waals surface area contributed by atoms with Crippen LogP contribution in [0.2, 0.25) is 0 Å². The number of rotatable bonds is 5. The van der Waals surface area contributed by atoms with Gasteiger partial charge in [-0.2, -0.15) is 0 Å². The van der Waals surface area contributed by atoms with E-state index in [1.165, 1.54) is 11.3 Å². The van der Waals surface area contributed by atoms with Gasteiger partial charge in [-0.1, -0.05) is 13.3 Å². The fourth-order valence-corrected chi connectivity index (χ4v) is 4.13. The number of carbonyl (C=O) groups excluding carboxylic acids is 2. The van der Waals surface area contributed by atoms with Crippen LogP contribution in [0.5, 0.6) is 0 Å². The number of carbonyl (C=O) groups is 2. The molecule has 3 rings (SSSR count). The van der Waals surface area contributed by atoms with Gasteiger partial charge >= 0.3 is 0 Å². The normalized spacial score (nSPS) is 17.8. The molecule has 25 heavy (non-hydrogen) atoms. The number of hydrogen-bond acceptors (Lipinski definition) is 7. The lowest BCUT2D eigenvalue weighted by molar-refractivity contribution is -0.120. The van der Waals surface area contributed by atoms with Gasteiger partial charge in [0.05, 0.1) is 5.69 Å². The van der Waals surface area contributed by atoms with Crippen molar-refractivity contribution in [2.45, 2.75) is 25.8 Å². The number of primary amides is 2. The largest absolute Gasteiger partial charge is 0.397 e. The standard InChI is InChI=1S/C16H22N6O2S/c1-2-3-8-6-10(22-5-4-20-9(7-22)14(18)23)21-16-11(8)12(17)13(25-16)15(19)24/h6,9,20H,2-5,7,17H2,1H3,(H2,18,23)(H2,19,24). The molecule has 0 radical (unpaired) electrons. The fourth-order valence-electron chi connectivity index (χ4n) is 3.14. The van der Waals surface area contributed by atoms with Crippen LogP contribution < -0.4 is 27.4 Å². The maximum Gasteiger partial charge on any atom is 0.260 e. The Morgan fingerprint density at radius 3 is 2.84 bits per heavy atom. The van der Waals surface area contributed by atoms with Gasteiger partial charge in [-0.05, 0) is 18.1 Å². The van der Waals surface area contributed by atoms with Crippen LogP contribution in [-0.4, -0.2) is 42.5 Å².